The first-order chi connectivity index (χ1) is 12.7. The van der Waals surface area contributed by atoms with Crippen molar-refractivity contribution < 1.29 is 148 Å². The van der Waals surface area contributed by atoms with Gasteiger partial charge in [0, 0.05) is 16.1 Å². The Kier molecular flexibility index (Phi) is 20.0. The van der Waals surface area contributed by atoms with Crippen molar-refractivity contribution in [2.45, 2.75) is 18.7 Å². The molecule has 2 atom stereocenters. The van der Waals surface area contributed by atoms with E-state index in [9.17, 15) is 24.6 Å². The summed E-state index contributed by atoms with van der Waals surface area (Å²) in [4.78, 5) is 31.1. The molecule has 0 aliphatic carbocycles. The van der Waals surface area contributed by atoms with E-state index in [-0.39, 0.29) is 140 Å². The number of nitrogens with one attached hydrogen (secondary N) is 1. The second kappa shape index (κ2) is 16.6. The summed E-state index contributed by atoms with van der Waals surface area (Å²) >= 11 is 3.32. The first-order valence-electron chi connectivity index (χ1n) is 7.85. The molecule has 9 nitrogen and oxygen atoms in total. The van der Waals surface area contributed by atoms with Crippen LogP contribution in [0.5, 0.6) is 11.8 Å². The van der Waals surface area contributed by atoms with E-state index < -0.39 is 31.2 Å². The van der Waals surface area contributed by atoms with E-state index in [2.05, 4.69) is 31.2 Å². The Morgan fingerprint density at radius 3 is 2.00 bits per heavy atom. The van der Waals surface area contributed by atoms with Gasteiger partial charge in [0.2, 0.25) is 0 Å². The molecule has 0 radical (unpaired) electrons. The third kappa shape index (κ3) is 9.76. The summed E-state index contributed by atoms with van der Waals surface area (Å²) in [6.45, 7) is 1.71. The average Bonchev–Trinajstić information content (AvgIpc) is 2.60. The zero-order valence-electron chi connectivity index (χ0n) is 18.5. The minimum absolute atomic E-state index is 0. The molecule has 1 unspecified atom stereocenters. The predicted octanol–water partition coefficient (Wildman–Crippen LogP) is -12.0. The molecule has 0 amide bonds. The number of aromatic nitrogens is 2. The molecule has 0 fully saturated rings. The topological polar surface area (TPSA) is 179 Å². The van der Waals surface area contributed by atoms with Crippen LogP contribution in [0.1, 0.15) is 29.9 Å². The van der Waals surface area contributed by atoms with Crippen molar-refractivity contribution in [3.63, 3.8) is 0 Å². The molecule has 3 N–H and O–H groups in total. The van der Waals surface area contributed by atoms with E-state index in [0.717, 1.165) is 10.0 Å². The van der Waals surface area contributed by atoms with E-state index in [0.29, 0.717) is 0 Å². The number of para-hydroxylation sites is 1. The summed E-state index contributed by atoms with van der Waals surface area (Å²) in [5.41, 5.74) is 0.701. The van der Waals surface area contributed by atoms with Crippen molar-refractivity contribution in [2.24, 2.45) is 0 Å². The normalized spacial score (nSPS) is 12.0. The van der Waals surface area contributed by atoms with Gasteiger partial charge in [-0.3, -0.25) is 15.3 Å². The standard InChI is InChI=1S/C17H17BrN3O5P.4Na.H2O/c1-9(10-5-7-11(18)8-6-10)19-17(27(24,25)26)12-3-2-4-13-14(12)21-16(23)15(22)20-13;;;;;/h2-9,17,19H,1H3,(H,20,22)(H,21,23)(H2,24,25,26);;;;;1H2/q;4*+1;/p-4/t9-,17?;;;;;/m0...../s1. The summed E-state index contributed by atoms with van der Waals surface area (Å²) < 4.78 is 12.8. The first kappa shape index (κ1) is 38.5. The fraction of sp³-hybridized carbons (Fsp3) is 0.176. The SMILES string of the molecule is C[C@H](NC(c1cccc2nc([O-])c([O-])nc12)P(=O)([O-])[O-])c1ccc(Br)cc1.O.[Na+].[Na+].[Na+].[Na+]. The van der Waals surface area contributed by atoms with Gasteiger partial charge in [-0.25, -0.2) is 0 Å². The molecule has 2 aromatic carbocycles. The Morgan fingerprint density at radius 2 is 1.47 bits per heavy atom. The Balaban J connectivity index is -0.00000168. The van der Waals surface area contributed by atoms with Gasteiger partial charge in [0.05, 0.1) is 16.8 Å². The van der Waals surface area contributed by atoms with Crippen LogP contribution in [0.2, 0.25) is 0 Å². The monoisotopic (exact) mass is 559 g/mol. The summed E-state index contributed by atoms with van der Waals surface area (Å²) in [5.74, 6) is -3.80. The molecule has 32 heavy (non-hydrogen) atoms. The average molecular weight is 560 g/mol. The van der Waals surface area contributed by atoms with Crippen LogP contribution in [-0.2, 0) is 4.57 Å². The number of hydrogen-bond acceptors (Lipinski definition) is 8. The molecule has 0 saturated heterocycles. The summed E-state index contributed by atoms with van der Waals surface area (Å²) in [6, 6.07) is 10.9. The van der Waals surface area contributed by atoms with E-state index >= 15 is 0 Å². The van der Waals surface area contributed by atoms with Gasteiger partial charge >= 0.3 is 118 Å². The van der Waals surface area contributed by atoms with Gasteiger partial charge in [-0.05, 0) is 50.0 Å². The molecule has 0 bridgehead atoms. The van der Waals surface area contributed by atoms with Crippen LogP contribution >= 0.6 is 23.5 Å². The predicted molar refractivity (Wildman–Crippen MR) is 98.1 cm³/mol. The van der Waals surface area contributed by atoms with Crippen LogP contribution in [-0.4, -0.2) is 15.4 Å². The Bertz CT molecular complexity index is 1040. The van der Waals surface area contributed by atoms with Crippen LogP contribution in [0.4, 0.5) is 0 Å². The van der Waals surface area contributed by atoms with Crippen LogP contribution in [0, 0.1) is 0 Å². The van der Waals surface area contributed by atoms with Gasteiger partial charge in [-0.15, -0.1) is 0 Å². The van der Waals surface area contributed by atoms with Crippen LogP contribution < -0.4 is 144 Å². The smallest absolute Gasteiger partial charge is 0.858 e. The number of rotatable bonds is 5. The molecule has 3 aromatic rings. The maximum Gasteiger partial charge on any atom is 1.00 e. The second-order valence-electron chi connectivity index (χ2n) is 5.93. The molecule has 3 rings (SSSR count). The van der Waals surface area contributed by atoms with E-state index in [1.54, 1.807) is 31.2 Å². The third-order valence-corrected chi connectivity index (χ3v) is 5.64. The zero-order chi connectivity index (χ0) is 19.8. The largest absolute Gasteiger partial charge is 1.00 e. The Labute approximate surface area is 282 Å². The van der Waals surface area contributed by atoms with E-state index in [1.807, 2.05) is 0 Å². The van der Waals surface area contributed by atoms with Crippen LogP contribution in [0.25, 0.3) is 11.0 Å². The van der Waals surface area contributed by atoms with Gasteiger partial charge in [-0.2, -0.15) is 0 Å². The van der Waals surface area contributed by atoms with Crippen LogP contribution in [0.15, 0.2) is 46.9 Å². The molecule has 150 valence electrons. The van der Waals surface area contributed by atoms with Crippen molar-refractivity contribution in [2.75, 3.05) is 0 Å². The zero-order valence-corrected chi connectivity index (χ0v) is 28.9. The number of hydrogen-bond donors (Lipinski definition) is 1. The summed E-state index contributed by atoms with van der Waals surface area (Å²) in [5, 5.41) is 25.8. The Morgan fingerprint density at radius 1 is 0.938 bits per heavy atom. The van der Waals surface area contributed by atoms with Crippen molar-refractivity contribution in [3.05, 3.63) is 58.1 Å². The number of nitrogens with zero attached hydrogens (tertiary/aromatic N) is 2. The summed E-state index contributed by atoms with van der Waals surface area (Å²) in [6.07, 6.45) is 0. The minimum atomic E-state index is -5.18. The van der Waals surface area contributed by atoms with Gasteiger partial charge in [0.15, 0.2) is 0 Å². The number of fused-ring (bicyclic) bond motifs is 1. The van der Waals surface area contributed by atoms with Crippen molar-refractivity contribution in [3.8, 4) is 11.8 Å². The van der Waals surface area contributed by atoms with E-state index in [1.165, 1.54) is 18.2 Å². The molecule has 0 spiro atoms. The van der Waals surface area contributed by atoms with Crippen LogP contribution in [0.3, 0.4) is 0 Å². The van der Waals surface area contributed by atoms with Crippen molar-refractivity contribution >= 4 is 34.6 Å². The fourth-order valence-corrected chi connectivity index (χ4v) is 3.94. The van der Waals surface area contributed by atoms with Gasteiger partial charge in [-0.1, -0.05) is 40.2 Å². The van der Waals surface area contributed by atoms with Gasteiger partial charge < -0.3 is 30.0 Å². The fourth-order valence-electron chi connectivity index (χ4n) is 2.72. The quantitative estimate of drug-likeness (QED) is 0.236. The molecular formula is C17H15BrN3Na4O6P. The second-order valence-corrected chi connectivity index (χ2v) is 8.44. The summed E-state index contributed by atoms with van der Waals surface area (Å²) in [7, 11) is -5.18. The molecule has 1 heterocycles. The molecule has 0 aliphatic heterocycles. The maximum absolute atomic E-state index is 12.0. The first-order valence-corrected chi connectivity index (χ1v) is 10.2. The number of benzene rings is 2. The molecular weight excluding hydrogens is 545 g/mol. The van der Waals surface area contributed by atoms with E-state index in [4.69, 9.17) is 0 Å². The van der Waals surface area contributed by atoms with Gasteiger partial charge in [0.1, 0.15) is 0 Å². The number of halogens is 1. The third-order valence-electron chi connectivity index (χ3n) is 4.05. The molecule has 0 aliphatic rings. The van der Waals surface area contributed by atoms with Crippen molar-refractivity contribution in [1.29, 1.82) is 0 Å². The maximum atomic E-state index is 12.0. The van der Waals surface area contributed by atoms with Gasteiger partial charge in [0.25, 0.3) is 0 Å². The molecule has 1 aromatic heterocycles. The Hall–Kier alpha value is 1.93. The van der Waals surface area contributed by atoms with Crippen molar-refractivity contribution in [1.82, 2.24) is 15.3 Å². The minimum Gasteiger partial charge on any atom is -0.858 e. The molecule has 0 saturated carbocycles. The molecule has 15 heteroatoms.